The highest BCUT2D eigenvalue weighted by Crippen LogP contribution is 2.21. The fourth-order valence-electron chi connectivity index (χ4n) is 3.10. The number of amides is 1. The van der Waals surface area contributed by atoms with E-state index in [1.54, 1.807) is 0 Å². The normalized spacial score (nSPS) is 18.2. The van der Waals surface area contributed by atoms with Crippen molar-refractivity contribution < 1.29 is 4.79 Å². The maximum atomic E-state index is 11.9. The third kappa shape index (κ3) is 9.76. The van der Waals surface area contributed by atoms with Crippen LogP contribution in [-0.4, -0.2) is 12.5 Å². The molecule has 0 atom stereocenters. The highest BCUT2D eigenvalue weighted by atomic mass is 35.5. The van der Waals surface area contributed by atoms with Crippen molar-refractivity contribution in [3.63, 3.8) is 0 Å². The molecule has 1 amide bonds. The van der Waals surface area contributed by atoms with Gasteiger partial charge >= 0.3 is 0 Å². The summed E-state index contributed by atoms with van der Waals surface area (Å²) in [7, 11) is 0. The summed E-state index contributed by atoms with van der Waals surface area (Å²) in [5.74, 6) is 0.0948. The molecule has 1 heterocycles. The van der Waals surface area contributed by atoms with Crippen LogP contribution in [0, 0.1) is 11.3 Å². The minimum atomic E-state index is 0.0948. The summed E-state index contributed by atoms with van der Waals surface area (Å²) in [6, 6.07) is 2.24. The Bertz CT molecular complexity index is 717. The van der Waals surface area contributed by atoms with Crippen LogP contribution in [-0.2, 0) is 4.79 Å². The molecule has 3 nitrogen and oxygen atoms in total. The van der Waals surface area contributed by atoms with Crippen LogP contribution < -0.4 is 5.32 Å². The van der Waals surface area contributed by atoms with Crippen LogP contribution in [0.3, 0.4) is 0 Å². The zero-order valence-electron chi connectivity index (χ0n) is 17.5. The van der Waals surface area contributed by atoms with Gasteiger partial charge < -0.3 is 5.32 Å². The number of nitriles is 1. The highest BCUT2D eigenvalue weighted by molar-refractivity contribution is 6.29. The Kier molecular flexibility index (Phi) is 12.0. The number of halogens is 1. The maximum Gasteiger partial charge on any atom is 0.247 e. The van der Waals surface area contributed by atoms with Gasteiger partial charge in [0.2, 0.25) is 5.91 Å². The molecule has 0 aliphatic carbocycles. The van der Waals surface area contributed by atoms with E-state index in [0.29, 0.717) is 5.57 Å². The minimum Gasteiger partial charge on any atom is -0.352 e. The van der Waals surface area contributed by atoms with Crippen molar-refractivity contribution >= 4 is 17.5 Å². The van der Waals surface area contributed by atoms with Gasteiger partial charge in [0.25, 0.3) is 0 Å². The Balaban J connectivity index is 2.45. The van der Waals surface area contributed by atoms with Crippen LogP contribution in [0.2, 0.25) is 0 Å². The maximum absolute atomic E-state index is 11.9. The number of hydrogen-bond acceptors (Lipinski definition) is 2. The summed E-state index contributed by atoms with van der Waals surface area (Å²) in [5, 5.41) is 13.1. The van der Waals surface area contributed by atoms with Crippen LogP contribution in [0.4, 0.5) is 0 Å². The van der Waals surface area contributed by atoms with Crippen molar-refractivity contribution in [2.75, 3.05) is 6.54 Å². The number of carbonyl (C=O) groups excluding carboxylic acids is 1. The number of nitrogens with zero attached hydrogens (tertiary/aromatic N) is 1. The molecule has 0 aromatic heterocycles. The predicted molar refractivity (Wildman–Crippen MR) is 119 cm³/mol. The van der Waals surface area contributed by atoms with Crippen molar-refractivity contribution in [1.29, 1.82) is 5.26 Å². The number of unbranched alkanes of at least 4 members (excludes halogenated alkanes) is 2. The molecule has 4 heteroatoms. The second-order valence-corrected chi connectivity index (χ2v) is 7.66. The van der Waals surface area contributed by atoms with Gasteiger partial charge in [0.15, 0.2) is 0 Å². The Morgan fingerprint density at radius 3 is 2.57 bits per heavy atom. The van der Waals surface area contributed by atoms with Gasteiger partial charge in [-0.05, 0) is 71.3 Å². The summed E-state index contributed by atoms with van der Waals surface area (Å²) < 4.78 is 0. The van der Waals surface area contributed by atoms with Crippen molar-refractivity contribution in [3.05, 3.63) is 57.7 Å². The third-order valence-corrected chi connectivity index (χ3v) is 5.13. The van der Waals surface area contributed by atoms with Gasteiger partial charge in [-0.15, -0.1) is 0 Å². The molecule has 1 saturated heterocycles. The average molecular weight is 401 g/mol. The smallest absolute Gasteiger partial charge is 0.247 e. The zero-order chi connectivity index (χ0) is 20.8. The van der Waals surface area contributed by atoms with Crippen LogP contribution in [0.25, 0.3) is 0 Å². The lowest BCUT2D eigenvalue weighted by Crippen LogP contribution is -2.31. The first-order chi connectivity index (χ1) is 13.5. The van der Waals surface area contributed by atoms with E-state index in [1.807, 2.05) is 31.2 Å². The molecule has 0 unspecified atom stereocenters. The number of hydrogen-bond donors (Lipinski definition) is 1. The molecule has 152 valence electrons. The van der Waals surface area contributed by atoms with Crippen LogP contribution in [0.5, 0.6) is 0 Å². The SMILES string of the molecule is CC/C(Cl)=C\CC/C=C\C(C#N)=C/CC/C=C(\C)C/C(C)=C1\CCCNC1=O. The van der Waals surface area contributed by atoms with Crippen LogP contribution in [0.15, 0.2) is 57.7 Å². The standard InChI is InChI=1S/C24H33ClN2O/c1-4-22(25)14-7-5-6-12-21(18-26)13-9-8-11-19(2)17-20(3)23-15-10-16-27-24(23)28/h6,11-14H,4-5,7-10,15-17H2,1-3H3,(H,27,28)/b12-6-,19-11+,21-13+,22-14+,23-20+. The first kappa shape index (κ1) is 24.0. The van der Waals surface area contributed by atoms with E-state index in [1.165, 1.54) is 11.1 Å². The molecule has 1 aliphatic rings. The second kappa shape index (κ2) is 14.0. The van der Waals surface area contributed by atoms with Gasteiger partial charge in [-0.2, -0.15) is 5.26 Å². The lowest BCUT2D eigenvalue weighted by molar-refractivity contribution is -0.118. The first-order valence-electron chi connectivity index (χ1n) is 10.2. The number of allylic oxidation sites excluding steroid dienone is 9. The molecule has 0 aromatic carbocycles. The van der Waals surface area contributed by atoms with Crippen molar-refractivity contribution in [1.82, 2.24) is 5.32 Å². The Labute approximate surface area is 175 Å². The van der Waals surface area contributed by atoms with Crippen molar-refractivity contribution in [3.8, 4) is 6.07 Å². The average Bonchev–Trinajstić information content (AvgIpc) is 2.69. The fourth-order valence-corrected chi connectivity index (χ4v) is 3.21. The van der Waals surface area contributed by atoms with Gasteiger partial charge in [-0.25, -0.2) is 0 Å². The van der Waals surface area contributed by atoms with E-state index in [2.05, 4.69) is 31.3 Å². The molecule has 0 radical (unpaired) electrons. The highest BCUT2D eigenvalue weighted by Gasteiger charge is 2.16. The Hall–Kier alpha value is -2.05. The summed E-state index contributed by atoms with van der Waals surface area (Å²) in [6.45, 7) is 6.98. The van der Waals surface area contributed by atoms with E-state index >= 15 is 0 Å². The van der Waals surface area contributed by atoms with Crippen LogP contribution >= 0.6 is 11.6 Å². The zero-order valence-corrected chi connectivity index (χ0v) is 18.2. The number of piperidine rings is 1. The molecule has 1 N–H and O–H groups in total. The molecular weight excluding hydrogens is 368 g/mol. The second-order valence-electron chi connectivity index (χ2n) is 7.18. The molecule has 0 aromatic rings. The van der Waals surface area contributed by atoms with Crippen LogP contribution in [0.1, 0.15) is 72.1 Å². The lowest BCUT2D eigenvalue weighted by atomic mass is 9.95. The molecule has 0 spiro atoms. The van der Waals surface area contributed by atoms with Gasteiger partial charge in [-0.3, -0.25) is 4.79 Å². The van der Waals surface area contributed by atoms with E-state index in [9.17, 15) is 10.1 Å². The van der Waals surface area contributed by atoms with Gasteiger partial charge in [0.05, 0.1) is 6.07 Å². The quantitative estimate of drug-likeness (QED) is 0.147. The molecule has 1 fully saturated rings. The Morgan fingerprint density at radius 1 is 1.18 bits per heavy atom. The molecular formula is C24H33ClN2O. The molecule has 0 saturated carbocycles. The van der Waals surface area contributed by atoms with E-state index in [4.69, 9.17) is 11.6 Å². The summed E-state index contributed by atoms with van der Waals surface area (Å²) in [4.78, 5) is 11.9. The topological polar surface area (TPSA) is 52.9 Å². The number of carbonyl (C=O) groups is 1. The van der Waals surface area contributed by atoms with Crippen molar-refractivity contribution in [2.45, 2.75) is 72.1 Å². The van der Waals surface area contributed by atoms with Crippen molar-refractivity contribution in [2.24, 2.45) is 0 Å². The van der Waals surface area contributed by atoms with E-state index < -0.39 is 0 Å². The van der Waals surface area contributed by atoms with Gasteiger partial charge in [-0.1, -0.05) is 54.0 Å². The predicted octanol–water partition coefficient (Wildman–Crippen LogP) is 6.65. The molecule has 1 aliphatic heterocycles. The lowest BCUT2D eigenvalue weighted by Gasteiger charge is -2.17. The number of rotatable bonds is 10. The summed E-state index contributed by atoms with van der Waals surface area (Å²) in [5.41, 5.74) is 4.09. The minimum absolute atomic E-state index is 0.0948. The third-order valence-electron chi connectivity index (χ3n) is 4.71. The largest absolute Gasteiger partial charge is 0.352 e. The number of nitrogens with one attached hydrogen (secondary N) is 1. The van der Waals surface area contributed by atoms with Gasteiger partial charge in [0, 0.05) is 22.7 Å². The monoisotopic (exact) mass is 400 g/mol. The van der Waals surface area contributed by atoms with E-state index in [-0.39, 0.29) is 5.91 Å². The van der Waals surface area contributed by atoms with Gasteiger partial charge in [0.1, 0.15) is 0 Å². The molecule has 0 bridgehead atoms. The molecule has 28 heavy (non-hydrogen) atoms. The molecule has 1 rings (SSSR count). The summed E-state index contributed by atoms with van der Waals surface area (Å²) >= 11 is 5.97. The Morgan fingerprint density at radius 2 is 1.89 bits per heavy atom. The van der Waals surface area contributed by atoms with E-state index in [0.717, 1.165) is 68.5 Å². The summed E-state index contributed by atoms with van der Waals surface area (Å²) in [6.07, 6.45) is 17.3. The first-order valence-corrected chi connectivity index (χ1v) is 10.6. The fraction of sp³-hybridized carbons (Fsp3) is 0.500.